The van der Waals surface area contributed by atoms with Gasteiger partial charge in [0.2, 0.25) is 0 Å². The maximum absolute atomic E-state index is 14.9. The first-order chi connectivity index (χ1) is 9.71. The van der Waals surface area contributed by atoms with Crippen LogP contribution in [0.2, 0.25) is 0 Å². The third-order valence-electron chi connectivity index (χ3n) is 2.71. The van der Waals surface area contributed by atoms with Gasteiger partial charge in [-0.2, -0.15) is 5.26 Å². The molecule has 98 valence electrons. The van der Waals surface area contributed by atoms with Crippen LogP contribution in [0.4, 0.5) is 4.39 Å². The molecule has 1 heterocycles. The molecule has 1 unspecified atom stereocenters. The molecule has 0 aliphatic carbocycles. The van der Waals surface area contributed by atoms with E-state index in [0.717, 1.165) is 22.0 Å². The van der Waals surface area contributed by atoms with Crippen molar-refractivity contribution in [2.45, 2.75) is 9.90 Å². The second-order valence-electron chi connectivity index (χ2n) is 4.11. The molecule has 0 spiro atoms. The minimum absolute atomic E-state index is 0.190. The Morgan fingerprint density at radius 1 is 1.10 bits per heavy atom. The molecule has 3 aromatic rings. The van der Waals surface area contributed by atoms with Crippen LogP contribution in [0.15, 0.2) is 59.5 Å². The third kappa shape index (κ3) is 2.40. The van der Waals surface area contributed by atoms with E-state index in [4.69, 9.17) is 0 Å². The summed E-state index contributed by atoms with van der Waals surface area (Å²) in [6, 6.07) is 18.2. The largest absolute Gasteiger partial charge is 0.296 e. The number of benzene rings is 2. The molecule has 0 N–H and O–H groups in total. The number of nitrogens with zero attached hydrogens (tertiary/aromatic N) is 2. The fourth-order valence-electron chi connectivity index (χ4n) is 1.77. The van der Waals surface area contributed by atoms with Gasteiger partial charge in [-0.15, -0.1) is 11.3 Å². The number of halogens is 1. The number of alkyl halides is 1. The fourth-order valence-corrected chi connectivity index (χ4v) is 3.72. The van der Waals surface area contributed by atoms with E-state index in [1.165, 1.54) is 11.3 Å². The Labute approximate surface area is 123 Å². The molecule has 0 saturated carbocycles. The summed E-state index contributed by atoms with van der Waals surface area (Å²) in [5.41, 5.74) is 0.721. The zero-order valence-corrected chi connectivity index (χ0v) is 11.9. The molecule has 0 amide bonds. The zero-order chi connectivity index (χ0) is 14.0. The molecule has 3 rings (SSSR count). The van der Waals surface area contributed by atoms with Gasteiger partial charge in [0.25, 0.3) is 5.00 Å². The molecule has 0 radical (unpaired) electrons. The summed E-state index contributed by atoms with van der Waals surface area (Å²) in [7, 11) is 0. The first kappa shape index (κ1) is 13.1. The van der Waals surface area contributed by atoms with Gasteiger partial charge in [0.1, 0.15) is 6.07 Å². The van der Waals surface area contributed by atoms with E-state index in [1.807, 2.05) is 42.5 Å². The van der Waals surface area contributed by atoms with Gasteiger partial charge in [-0.05, 0) is 24.3 Å². The predicted octanol–water partition coefficient (Wildman–Crippen LogP) is 4.73. The van der Waals surface area contributed by atoms with Crippen molar-refractivity contribution < 1.29 is 4.39 Å². The topological polar surface area (TPSA) is 36.7 Å². The van der Waals surface area contributed by atoms with Crippen molar-refractivity contribution in [1.29, 1.82) is 5.26 Å². The lowest BCUT2D eigenvalue weighted by atomic mass is 10.3. The molecule has 0 fully saturated rings. The quantitative estimate of drug-likeness (QED) is 0.656. The second kappa shape index (κ2) is 5.23. The van der Waals surface area contributed by atoms with Crippen LogP contribution >= 0.6 is 23.1 Å². The maximum Gasteiger partial charge on any atom is 0.296 e. The lowest BCUT2D eigenvalue weighted by Crippen LogP contribution is -2.11. The van der Waals surface area contributed by atoms with Crippen LogP contribution in [-0.2, 0) is 5.00 Å². The SMILES string of the molecule is N#CC(F)(Sc1ccccc1)c1nc2ccccc2s1. The Morgan fingerprint density at radius 3 is 2.50 bits per heavy atom. The molecule has 0 saturated heterocycles. The summed E-state index contributed by atoms with van der Waals surface area (Å²) in [6.45, 7) is 0. The highest BCUT2D eigenvalue weighted by molar-refractivity contribution is 8.00. The number of hydrogen-bond acceptors (Lipinski definition) is 4. The fraction of sp³-hybridized carbons (Fsp3) is 0.0667. The Balaban J connectivity index is 2.02. The molecule has 20 heavy (non-hydrogen) atoms. The minimum atomic E-state index is -2.16. The van der Waals surface area contributed by atoms with Gasteiger partial charge >= 0.3 is 0 Å². The lowest BCUT2D eigenvalue weighted by Gasteiger charge is -2.13. The van der Waals surface area contributed by atoms with Crippen molar-refractivity contribution >= 4 is 33.3 Å². The number of rotatable bonds is 3. The molecule has 0 aliphatic rings. The van der Waals surface area contributed by atoms with Gasteiger partial charge < -0.3 is 0 Å². The van der Waals surface area contributed by atoms with E-state index in [0.29, 0.717) is 4.90 Å². The van der Waals surface area contributed by atoms with Crippen molar-refractivity contribution in [1.82, 2.24) is 4.98 Å². The summed E-state index contributed by atoms with van der Waals surface area (Å²) >= 11 is 2.10. The van der Waals surface area contributed by atoms with E-state index >= 15 is 0 Å². The molecule has 1 atom stereocenters. The standard InChI is InChI=1S/C15H9FN2S2/c16-15(10-17,20-11-6-2-1-3-7-11)14-18-12-8-4-5-9-13(12)19-14/h1-9H. The molecule has 2 nitrogen and oxygen atoms in total. The number of nitriles is 1. The highest BCUT2D eigenvalue weighted by atomic mass is 32.2. The minimum Gasteiger partial charge on any atom is -0.236 e. The predicted molar refractivity (Wildman–Crippen MR) is 80.3 cm³/mol. The Bertz CT molecular complexity index is 746. The third-order valence-corrected chi connectivity index (χ3v) is 5.05. The molecule has 5 heteroatoms. The van der Waals surface area contributed by atoms with Crippen molar-refractivity contribution in [3.8, 4) is 6.07 Å². The van der Waals surface area contributed by atoms with Gasteiger partial charge in [0.05, 0.1) is 10.2 Å². The van der Waals surface area contributed by atoms with Crippen molar-refractivity contribution in [2.75, 3.05) is 0 Å². The van der Waals surface area contributed by atoms with Crippen LogP contribution in [0, 0.1) is 11.3 Å². The van der Waals surface area contributed by atoms with Crippen molar-refractivity contribution in [2.24, 2.45) is 0 Å². The van der Waals surface area contributed by atoms with Crippen LogP contribution < -0.4 is 0 Å². The summed E-state index contributed by atoms with van der Waals surface area (Å²) in [4.78, 5) is 4.96. The summed E-state index contributed by atoms with van der Waals surface area (Å²) in [6.07, 6.45) is 0. The van der Waals surface area contributed by atoms with Crippen LogP contribution in [0.1, 0.15) is 5.01 Å². The Hall–Kier alpha value is -1.90. The number of thiazole rings is 1. The van der Waals surface area contributed by atoms with E-state index < -0.39 is 5.00 Å². The van der Waals surface area contributed by atoms with Gasteiger partial charge in [-0.3, -0.25) is 0 Å². The number of para-hydroxylation sites is 1. The second-order valence-corrected chi connectivity index (χ2v) is 6.38. The van der Waals surface area contributed by atoms with Crippen LogP contribution in [0.25, 0.3) is 10.2 Å². The van der Waals surface area contributed by atoms with Gasteiger partial charge in [-0.25, -0.2) is 9.37 Å². The molecule has 0 bridgehead atoms. The van der Waals surface area contributed by atoms with E-state index in [2.05, 4.69) is 4.98 Å². The average Bonchev–Trinajstić information content (AvgIpc) is 2.93. The average molecular weight is 300 g/mol. The number of hydrogen-bond donors (Lipinski definition) is 0. The summed E-state index contributed by atoms with van der Waals surface area (Å²) < 4.78 is 15.8. The summed E-state index contributed by atoms with van der Waals surface area (Å²) in [5, 5.41) is 7.27. The molecule has 2 aromatic carbocycles. The smallest absolute Gasteiger partial charge is 0.236 e. The maximum atomic E-state index is 14.9. The van der Waals surface area contributed by atoms with Gasteiger partial charge in [0.15, 0.2) is 5.01 Å². The van der Waals surface area contributed by atoms with E-state index in [9.17, 15) is 9.65 Å². The first-order valence-electron chi connectivity index (χ1n) is 5.91. The highest BCUT2D eigenvalue weighted by Crippen LogP contribution is 2.44. The molecule has 0 aliphatic heterocycles. The van der Waals surface area contributed by atoms with Crippen LogP contribution in [0.3, 0.4) is 0 Å². The monoisotopic (exact) mass is 300 g/mol. The first-order valence-corrected chi connectivity index (χ1v) is 7.55. The van der Waals surface area contributed by atoms with Crippen LogP contribution in [0.5, 0.6) is 0 Å². The van der Waals surface area contributed by atoms with Gasteiger partial charge in [-0.1, -0.05) is 42.1 Å². The lowest BCUT2D eigenvalue weighted by molar-refractivity contribution is 0.375. The summed E-state index contributed by atoms with van der Waals surface area (Å²) in [5.74, 6) is 0. The zero-order valence-electron chi connectivity index (χ0n) is 10.3. The highest BCUT2D eigenvalue weighted by Gasteiger charge is 2.37. The number of fused-ring (bicyclic) bond motifs is 1. The Kier molecular flexibility index (Phi) is 3.43. The van der Waals surface area contributed by atoms with E-state index in [1.54, 1.807) is 18.2 Å². The number of thioether (sulfide) groups is 1. The normalized spacial score (nSPS) is 13.8. The van der Waals surface area contributed by atoms with Gasteiger partial charge in [0, 0.05) is 4.90 Å². The Morgan fingerprint density at radius 2 is 1.80 bits per heavy atom. The molecule has 1 aromatic heterocycles. The van der Waals surface area contributed by atoms with E-state index in [-0.39, 0.29) is 5.01 Å². The molecular weight excluding hydrogens is 291 g/mol. The van der Waals surface area contributed by atoms with Crippen LogP contribution in [-0.4, -0.2) is 4.98 Å². The molecular formula is C15H9FN2S2. The van der Waals surface area contributed by atoms with Crippen molar-refractivity contribution in [3.05, 3.63) is 59.6 Å². The number of aromatic nitrogens is 1. The van der Waals surface area contributed by atoms with Crippen molar-refractivity contribution in [3.63, 3.8) is 0 Å².